The minimum Gasteiger partial charge on any atom is -0.495 e. The maximum absolute atomic E-state index is 12.0. The van der Waals surface area contributed by atoms with Crippen molar-refractivity contribution in [1.82, 2.24) is 24.7 Å². The first-order valence-corrected chi connectivity index (χ1v) is 9.82. The van der Waals surface area contributed by atoms with Gasteiger partial charge in [-0.1, -0.05) is 6.92 Å². The highest BCUT2D eigenvalue weighted by molar-refractivity contribution is 5.64. The predicted molar refractivity (Wildman–Crippen MR) is 112 cm³/mol. The number of aryl methyl sites for hydroxylation is 3. The normalized spacial score (nSPS) is 20.1. The van der Waals surface area contributed by atoms with E-state index in [-0.39, 0.29) is 11.0 Å². The first-order valence-electron chi connectivity index (χ1n) is 9.82. The van der Waals surface area contributed by atoms with Crippen molar-refractivity contribution in [2.24, 2.45) is 12.5 Å². The highest BCUT2D eigenvalue weighted by atomic mass is 16.5. The average molecular weight is 407 g/mol. The van der Waals surface area contributed by atoms with Crippen molar-refractivity contribution in [2.45, 2.75) is 33.1 Å². The number of hydrogen-bond donors (Lipinski definition) is 0. The Bertz CT molecular complexity index is 1120. The number of rotatable bonds is 6. The number of hydrogen-bond acceptors (Lipinski definition) is 7. The van der Waals surface area contributed by atoms with E-state index >= 15 is 0 Å². The van der Waals surface area contributed by atoms with E-state index in [1.54, 1.807) is 39.5 Å². The molecule has 0 N–H and O–H groups in total. The summed E-state index contributed by atoms with van der Waals surface area (Å²) in [6.07, 6.45) is 4.43. The van der Waals surface area contributed by atoms with Crippen LogP contribution in [0.5, 0.6) is 11.6 Å². The van der Waals surface area contributed by atoms with Crippen LogP contribution in [0.1, 0.15) is 36.3 Å². The summed E-state index contributed by atoms with van der Waals surface area (Å²) in [5.41, 5.74) is 2.77. The molecule has 8 nitrogen and oxygen atoms in total. The number of pyridine rings is 1. The van der Waals surface area contributed by atoms with E-state index in [9.17, 15) is 4.79 Å². The van der Waals surface area contributed by atoms with E-state index in [4.69, 9.17) is 9.47 Å². The van der Waals surface area contributed by atoms with Crippen molar-refractivity contribution in [2.75, 3.05) is 13.7 Å². The number of methoxy groups -OCH3 is 1. The second-order valence-electron chi connectivity index (χ2n) is 8.10. The molecule has 1 aliphatic rings. The van der Waals surface area contributed by atoms with Gasteiger partial charge in [0.1, 0.15) is 11.6 Å². The lowest BCUT2D eigenvalue weighted by atomic mass is 10.1. The summed E-state index contributed by atoms with van der Waals surface area (Å²) in [4.78, 5) is 25.3. The van der Waals surface area contributed by atoms with Crippen molar-refractivity contribution < 1.29 is 9.47 Å². The Kier molecular flexibility index (Phi) is 5.01. The van der Waals surface area contributed by atoms with Crippen LogP contribution in [-0.4, -0.2) is 38.4 Å². The molecule has 0 saturated heterocycles. The molecule has 3 aromatic rings. The summed E-state index contributed by atoms with van der Waals surface area (Å²) in [6, 6.07) is 5.68. The molecule has 1 aliphatic carbocycles. The van der Waals surface area contributed by atoms with Gasteiger partial charge in [0.05, 0.1) is 31.2 Å². The highest BCUT2D eigenvalue weighted by Crippen LogP contribution is 2.58. The van der Waals surface area contributed by atoms with Crippen molar-refractivity contribution in [3.63, 3.8) is 0 Å². The lowest BCUT2D eigenvalue weighted by Gasteiger charge is -2.15. The van der Waals surface area contributed by atoms with E-state index in [0.29, 0.717) is 41.1 Å². The Hall–Kier alpha value is -3.29. The maximum Gasteiger partial charge on any atom is 0.269 e. The molecule has 2 atom stereocenters. The van der Waals surface area contributed by atoms with E-state index < -0.39 is 0 Å². The summed E-state index contributed by atoms with van der Waals surface area (Å²) in [6.45, 7) is 6.27. The van der Waals surface area contributed by atoms with Gasteiger partial charge in [0.2, 0.25) is 5.88 Å². The average Bonchev–Trinajstić information content (AvgIpc) is 3.42. The van der Waals surface area contributed by atoms with Gasteiger partial charge in [-0.05, 0) is 38.5 Å². The van der Waals surface area contributed by atoms with Crippen LogP contribution in [0.4, 0.5) is 0 Å². The molecule has 0 aromatic carbocycles. The van der Waals surface area contributed by atoms with Crippen LogP contribution in [0, 0.1) is 19.3 Å². The molecule has 3 aromatic heterocycles. The van der Waals surface area contributed by atoms with E-state index in [1.807, 2.05) is 19.1 Å². The molecule has 2 unspecified atom stereocenters. The molecule has 0 amide bonds. The molecule has 156 valence electrons. The van der Waals surface area contributed by atoms with Gasteiger partial charge in [-0.15, -0.1) is 0 Å². The van der Waals surface area contributed by atoms with Crippen molar-refractivity contribution in [3.8, 4) is 22.9 Å². The summed E-state index contributed by atoms with van der Waals surface area (Å²) < 4.78 is 12.7. The van der Waals surface area contributed by atoms with Gasteiger partial charge in [0.25, 0.3) is 5.56 Å². The van der Waals surface area contributed by atoms with Crippen LogP contribution >= 0.6 is 0 Å². The quantitative estimate of drug-likeness (QED) is 0.620. The van der Waals surface area contributed by atoms with Crippen LogP contribution in [0.25, 0.3) is 11.3 Å². The summed E-state index contributed by atoms with van der Waals surface area (Å²) in [7, 11) is 3.26. The molecule has 30 heavy (non-hydrogen) atoms. The fourth-order valence-electron chi connectivity index (χ4n) is 3.60. The van der Waals surface area contributed by atoms with Crippen LogP contribution in [0.2, 0.25) is 0 Å². The van der Waals surface area contributed by atoms with Gasteiger partial charge in [-0.3, -0.25) is 9.78 Å². The van der Waals surface area contributed by atoms with Gasteiger partial charge in [-0.25, -0.2) is 9.67 Å². The second kappa shape index (κ2) is 7.51. The van der Waals surface area contributed by atoms with Gasteiger partial charge >= 0.3 is 0 Å². The SMILES string of the molecule is COc1ccc(C2CC2(C)COc2nc(C)ncc2-c2cc(C)c(=O)n(C)n2)nc1. The van der Waals surface area contributed by atoms with E-state index in [0.717, 1.165) is 17.9 Å². The summed E-state index contributed by atoms with van der Waals surface area (Å²) in [5.74, 6) is 2.17. The molecule has 1 saturated carbocycles. The largest absolute Gasteiger partial charge is 0.495 e. The second-order valence-corrected chi connectivity index (χ2v) is 8.10. The molecule has 0 aliphatic heterocycles. The van der Waals surface area contributed by atoms with Crippen molar-refractivity contribution >= 4 is 0 Å². The minimum absolute atomic E-state index is 0.0232. The molecular weight excluding hydrogens is 382 g/mol. The molecule has 0 bridgehead atoms. The molecule has 3 heterocycles. The Morgan fingerprint density at radius 3 is 2.70 bits per heavy atom. The Balaban J connectivity index is 1.55. The molecule has 0 radical (unpaired) electrons. The van der Waals surface area contributed by atoms with Crippen LogP contribution < -0.4 is 15.0 Å². The Labute approximate surface area is 174 Å². The zero-order valence-electron chi connectivity index (χ0n) is 17.8. The van der Waals surface area contributed by atoms with Gasteiger partial charge in [0.15, 0.2) is 0 Å². The Morgan fingerprint density at radius 2 is 2.03 bits per heavy atom. The zero-order chi connectivity index (χ0) is 21.5. The molecule has 8 heteroatoms. The monoisotopic (exact) mass is 407 g/mol. The van der Waals surface area contributed by atoms with E-state index in [1.165, 1.54) is 4.68 Å². The first kappa shape index (κ1) is 20.0. The van der Waals surface area contributed by atoms with Gasteiger partial charge < -0.3 is 9.47 Å². The third-order valence-corrected chi connectivity index (χ3v) is 5.63. The molecule has 0 spiro atoms. The minimum atomic E-state index is -0.130. The maximum atomic E-state index is 12.0. The van der Waals surface area contributed by atoms with Crippen LogP contribution in [0.15, 0.2) is 35.4 Å². The standard InChI is InChI=1S/C22H25N5O3/c1-13-8-19(26-27(4)21(13)28)16-11-23-14(2)25-20(16)30-12-22(3)9-17(22)18-7-6-15(29-5)10-24-18/h6-8,10-11,17H,9,12H2,1-5H3. The Morgan fingerprint density at radius 1 is 1.23 bits per heavy atom. The number of nitrogens with zero attached hydrogens (tertiary/aromatic N) is 5. The first-order chi connectivity index (χ1) is 14.3. The smallest absolute Gasteiger partial charge is 0.269 e. The fraction of sp³-hybridized carbons (Fsp3) is 0.409. The third-order valence-electron chi connectivity index (χ3n) is 5.63. The van der Waals surface area contributed by atoms with Gasteiger partial charge in [0, 0.05) is 35.8 Å². The van der Waals surface area contributed by atoms with Crippen molar-refractivity contribution in [3.05, 3.63) is 58.0 Å². The van der Waals surface area contributed by atoms with Crippen LogP contribution in [0.3, 0.4) is 0 Å². The third kappa shape index (κ3) is 3.77. The fourth-order valence-corrected chi connectivity index (χ4v) is 3.60. The molecular formula is C22H25N5O3. The van der Waals surface area contributed by atoms with Crippen molar-refractivity contribution in [1.29, 1.82) is 0 Å². The molecule has 1 fully saturated rings. The summed E-state index contributed by atoms with van der Waals surface area (Å²) >= 11 is 0. The topological polar surface area (TPSA) is 92.0 Å². The van der Waals surface area contributed by atoms with Crippen LogP contribution in [-0.2, 0) is 7.05 Å². The highest BCUT2D eigenvalue weighted by Gasteiger charge is 2.52. The lowest BCUT2D eigenvalue weighted by molar-refractivity contribution is 0.234. The lowest BCUT2D eigenvalue weighted by Crippen LogP contribution is -2.22. The number of aromatic nitrogens is 5. The predicted octanol–water partition coefficient (Wildman–Crippen LogP) is 2.83. The zero-order valence-corrected chi connectivity index (χ0v) is 17.8. The summed E-state index contributed by atoms with van der Waals surface area (Å²) in [5, 5.41) is 4.36. The van der Waals surface area contributed by atoms with Gasteiger partial charge in [-0.2, -0.15) is 10.1 Å². The number of ether oxygens (including phenoxy) is 2. The molecule has 4 rings (SSSR count). The van der Waals surface area contributed by atoms with E-state index in [2.05, 4.69) is 27.0 Å².